The van der Waals surface area contributed by atoms with Gasteiger partial charge < -0.3 is 38.5 Å². The molecule has 0 saturated carbocycles. The molecule has 8 atom stereocenters. The number of hydrogen-bond acceptors (Lipinski definition) is 12. The third-order valence-electron chi connectivity index (χ3n) is 12.3. The van der Waals surface area contributed by atoms with Crippen LogP contribution < -0.4 is 0 Å². The molecule has 1 aliphatic heterocycles. The molecular formula is C52H84N4O12. The zero-order valence-corrected chi connectivity index (χ0v) is 44.1. The first-order valence-electron chi connectivity index (χ1n) is 24.6. The van der Waals surface area contributed by atoms with Crippen LogP contribution in [-0.2, 0) is 63.7 Å². The Labute approximate surface area is 406 Å². The van der Waals surface area contributed by atoms with E-state index in [1.165, 1.54) is 47.8 Å². The number of ether oxygens (including phenoxy) is 4. The highest BCUT2D eigenvalue weighted by Gasteiger charge is 2.45. The van der Waals surface area contributed by atoms with Gasteiger partial charge in [0.05, 0.1) is 0 Å². The smallest absolute Gasteiger partial charge is 0.329 e. The molecule has 0 aliphatic carbocycles. The number of amides is 4. The number of carbonyl (C=O) groups is 8. The van der Waals surface area contributed by atoms with Gasteiger partial charge in [-0.05, 0) is 73.2 Å². The van der Waals surface area contributed by atoms with E-state index in [9.17, 15) is 38.4 Å². The highest BCUT2D eigenvalue weighted by Crippen LogP contribution is 2.26. The Kier molecular flexibility index (Phi) is 23.7. The van der Waals surface area contributed by atoms with Crippen LogP contribution in [0, 0.1) is 35.5 Å². The Hall–Kier alpha value is -5.02. The van der Waals surface area contributed by atoms with Crippen LogP contribution in [-0.4, -0.2) is 144 Å². The van der Waals surface area contributed by atoms with E-state index in [-0.39, 0.29) is 49.9 Å². The van der Waals surface area contributed by atoms with Crippen molar-refractivity contribution in [1.82, 2.24) is 19.6 Å². The van der Waals surface area contributed by atoms with Gasteiger partial charge in [-0.3, -0.25) is 19.2 Å². The van der Waals surface area contributed by atoms with Crippen LogP contribution in [0.5, 0.6) is 0 Å². The van der Waals surface area contributed by atoms with Crippen molar-refractivity contribution in [1.29, 1.82) is 0 Å². The minimum Gasteiger partial charge on any atom is -0.451 e. The van der Waals surface area contributed by atoms with Crippen LogP contribution in [0.4, 0.5) is 0 Å². The van der Waals surface area contributed by atoms with E-state index in [0.29, 0.717) is 18.4 Å². The molecule has 4 amide bonds. The van der Waals surface area contributed by atoms with Gasteiger partial charge in [-0.15, -0.1) is 0 Å². The zero-order chi connectivity index (χ0) is 51.9. The molecule has 384 valence electrons. The number of nitrogens with zero attached hydrogens (tertiary/aromatic N) is 4. The van der Waals surface area contributed by atoms with E-state index in [2.05, 4.69) is 0 Å². The summed E-state index contributed by atoms with van der Waals surface area (Å²) in [5.41, 5.74) is 0.682. The minimum atomic E-state index is -1.42. The molecule has 1 fully saturated rings. The fourth-order valence-electron chi connectivity index (χ4n) is 8.10. The third-order valence-corrected chi connectivity index (χ3v) is 12.3. The summed E-state index contributed by atoms with van der Waals surface area (Å²) in [4.78, 5) is 121. The zero-order valence-electron chi connectivity index (χ0n) is 44.1. The summed E-state index contributed by atoms with van der Waals surface area (Å²) in [6, 6.07) is 4.00. The average molecular weight is 957 g/mol. The number of hydrogen-bond donors (Lipinski definition) is 0. The summed E-state index contributed by atoms with van der Waals surface area (Å²) in [5, 5.41) is 0. The largest absolute Gasteiger partial charge is 0.451 e. The Balaban J connectivity index is 2.97. The quantitative estimate of drug-likeness (QED) is 0.146. The van der Waals surface area contributed by atoms with Crippen molar-refractivity contribution in [3.8, 4) is 0 Å². The maximum absolute atomic E-state index is 14.7. The molecule has 1 aromatic carbocycles. The molecule has 0 radical (unpaired) electrons. The van der Waals surface area contributed by atoms with E-state index in [4.69, 9.17) is 18.9 Å². The van der Waals surface area contributed by atoms with Crippen molar-refractivity contribution in [3.63, 3.8) is 0 Å². The summed E-state index contributed by atoms with van der Waals surface area (Å²) in [5.74, 6) is -8.46. The highest BCUT2D eigenvalue weighted by atomic mass is 16.6. The third kappa shape index (κ3) is 16.6. The van der Waals surface area contributed by atoms with Crippen molar-refractivity contribution >= 4 is 47.5 Å². The van der Waals surface area contributed by atoms with Gasteiger partial charge >= 0.3 is 23.9 Å². The first-order chi connectivity index (χ1) is 31.7. The predicted molar refractivity (Wildman–Crippen MR) is 258 cm³/mol. The molecule has 0 aromatic heterocycles. The SMILES string of the molecule is CCCCC1OC(=O)C(Cc2ccccc2)N(C)C(=O)C(C(C)C)OC(=O)C(CC(C)C)N(C)C(=O)C(C(C)C)OC(=O)C(CC(C)C)N(C)C(=O)C(C(C)C)OC(=O)C(CC(C)C)N(C)C1=O. The topological polar surface area (TPSA) is 186 Å². The molecule has 68 heavy (non-hydrogen) atoms. The molecule has 2 rings (SSSR count). The van der Waals surface area contributed by atoms with Gasteiger partial charge in [-0.25, -0.2) is 19.2 Å². The number of carbonyl (C=O) groups excluding carboxylic acids is 8. The molecular weight excluding hydrogens is 873 g/mol. The molecule has 16 heteroatoms. The fourth-order valence-corrected chi connectivity index (χ4v) is 8.10. The van der Waals surface area contributed by atoms with E-state index in [1.54, 1.807) is 65.8 Å². The van der Waals surface area contributed by atoms with Crippen LogP contribution in [0.2, 0.25) is 0 Å². The molecule has 16 nitrogen and oxygen atoms in total. The molecule has 8 unspecified atom stereocenters. The number of cyclic esters (lactones) is 4. The Morgan fingerprint density at radius 1 is 0.441 bits per heavy atom. The minimum absolute atomic E-state index is 0.0207. The van der Waals surface area contributed by atoms with Crippen molar-refractivity contribution in [2.75, 3.05) is 28.2 Å². The van der Waals surface area contributed by atoms with Crippen LogP contribution in [0.25, 0.3) is 0 Å². The molecule has 1 aliphatic rings. The summed E-state index contributed by atoms with van der Waals surface area (Å²) in [6.07, 6.45) is -4.01. The second-order valence-electron chi connectivity index (χ2n) is 20.8. The van der Waals surface area contributed by atoms with Gasteiger partial charge in [0.25, 0.3) is 23.6 Å². The van der Waals surface area contributed by atoms with Crippen LogP contribution in [0.3, 0.4) is 0 Å². The van der Waals surface area contributed by atoms with E-state index in [1.807, 2.05) is 54.5 Å². The maximum atomic E-state index is 14.7. The summed E-state index contributed by atoms with van der Waals surface area (Å²) in [6.45, 7) is 23.3. The normalized spacial score (nSPS) is 25.5. The summed E-state index contributed by atoms with van der Waals surface area (Å²) < 4.78 is 24.2. The van der Waals surface area contributed by atoms with Gasteiger partial charge in [0.15, 0.2) is 24.4 Å². The van der Waals surface area contributed by atoms with Gasteiger partial charge in [0.2, 0.25) is 0 Å². The molecule has 1 heterocycles. The molecule has 0 spiro atoms. The first-order valence-corrected chi connectivity index (χ1v) is 24.6. The lowest BCUT2D eigenvalue weighted by molar-refractivity contribution is -0.179. The monoisotopic (exact) mass is 957 g/mol. The first kappa shape index (κ1) is 59.1. The number of unbranched alkanes of at least 4 members (excludes halogenated alkanes) is 1. The second kappa shape index (κ2) is 27.2. The lowest BCUT2D eigenvalue weighted by Crippen LogP contribution is -2.56. The van der Waals surface area contributed by atoms with Gasteiger partial charge in [-0.1, -0.05) is 127 Å². The van der Waals surface area contributed by atoms with Crippen molar-refractivity contribution < 1.29 is 57.3 Å². The standard InChI is InChI=1S/C52H84N4O12/c1-18-19-25-41-45(57)53(14)37(26-30(2)3)50(62)66-42(33(8)9)46(58)54(15)38(27-31(4)5)51(63)67-43(34(10)11)47(59)55(16)39(28-32(6)7)52(64)68-44(35(12)13)48(60)56(17)40(49(61)65-41)29-36-23-21-20-22-24-36/h20-24,30-35,37-44H,18-19,25-29H2,1-17H3. The van der Waals surface area contributed by atoms with Gasteiger partial charge in [-0.2, -0.15) is 0 Å². The van der Waals surface area contributed by atoms with Gasteiger partial charge in [0.1, 0.15) is 24.2 Å². The Morgan fingerprint density at radius 3 is 1.06 bits per heavy atom. The molecule has 0 bridgehead atoms. The number of esters is 4. The lowest BCUT2D eigenvalue weighted by Gasteiger charge is -2.37. The van der Waals surface area contributed by atoms with Crippen molar-refractivity contribution in [2.24, 2.45) is 35.5 Å². The van der Waals surface area contributed by atoms with Crippen LogP contribution in [0.1, 0.15) is 134 Å². The second-order valence-corrected chi connectivity index (χ2v) is 20.8. The molecule has 0 N–H and O–H groups in total. The number of rotatable bonds is 14. The lowest BCUT2D eigenvalue weighted by atomic mass is 9.98. The van der Waals surface area contributed by atoms with Crippen molar-refractivity contribution in [2.45, 2.75) is 184 Å². The van der Waals surface area contributed by atoms with E-state index in [0.717, 1.165) is 0 Å². The van der Waals surface area contributed by atoms with Crippen LogP contribution >= 0.6 is 0 Å². The van der Waals surface area contributed by atoms with Crippen LogP contribution in [0.15, 0.2) is 30.3 Å². The number of benzene rings is 1. The predicted octanol–water partition coefficient (Wildman–Crippen LogP) is 6.49. The highest BCUT2D eigenvalue weighted by molar-refractivity contribution is 5.94. The average Bonchev–Trinajstić information content (AvgIpc) is 3.27. The number of likely N-dealkylation sites (N-methyl/N-ethyl adjacent to an activating group) is 4. The van der Waals surface area contributed by atoms with Gasteiger partial charge in [0, 0.05) is 34.6 Å². The van der Waals surface area contributed by atoms with E-state index >= 15 is 0 Å². The molecule has 1 saturated heterocycles. The fraction of sp³-hybridized carbons (Fsp3) is 0.731. The summed E-state index contributed by atoms with van der Waals surface area (Å²) >= 11 is 0. The molecule has 1 aromatic rings. The summed E-state index contributed by atoms with van der Waals surface area (Å²) in [7, 11) is 5.67. The maximum Gasteiger partial charge on any atom is 0.329 e. The van der Waals surface area contributed by atoms with E-state index < -0.39 is 114 Å². The Bertz CT molecular complexity index is 1850. The van der Waals surface area contributed by atoms with Crippen molar-refractivity contribution in [3.05, 3.63) is 35.9 Å². The Morgan fingerprint density at radius 2 is 0.750 bits per heavy atom.